The first-order valence-corrected chi connectivity index (χ1v) is 9.23. The standard InChI is InChI=1S/C19H23NO4S/c1-12-8-16(21)9-13(2)20(12)11-17(22)15-6-7-18(23-4)19(10-15)24-14(3)25-5/h6-10,14H,11H2,1-5H3. The minimum absolute atomic E-state index is 0.0510. The molecule has 0 amide bonds. The van der Waals surface area contributed by atoms with E-state index in [1.807, 2.05) is 31.6 Å². The smallest absolute Gasteiger partial charge is 0.182 e. The molecule has 1 atom stereocenters. The topological polar surface area (TPSA) is 57.5 Å². The zero-order chi connectivity index (χ0) is 18.6. The van der Waals surface area contributed by atoms with Crippen molar-refractivity contribution in [1.82, 2.24) is 4.57 Å². The molecule has 0 saturated heterocycles. The van der Waals surface area contributed by atoms with Gasteiger partial charge in [-0.25, -0.2) is 0 Å². The summed E-state index contributed by atoms with van der Waals surface area (Å²) in [6.07, 6.45) is 1.95. The van der Waals surface area contributed by atoms with E-state index in [-0.39, 0.29) is 23.2 Å². The highest BCUT2D eigenvalue weighted by Crippen LogP contribution is 2.30. The largest absolute Gasteiger partial charge is 0.493 e. The average molecular weight is 361 g/mol. The third kappa shape index (κ3) is 4.66. The van der Waals surface area contributed by atoms with Gasteiger partial charge in [0.25, 0.3) is 0 Å². The predicted octanol–water partition coefficient (Wildman–Crippen LogP) is 3.44. The molecule has 1 unspecified atom stereocenters. The van der Waals surface area contributed by atoms with Crippen LogP contribution in [0.25, 0.3) is 0 Å². The first-order chi connectivity index (χ1) is 11.8. The Morgan fingerprint density at radius 2 is 1.80 bits per heavy atom. The number of rotatable bonds is 7. The summed E-state index contributed by atoms with van der Waals surface area (Å²) in [5.74, 6) is 1.08. The van der Waals surface area contributed by atoms with Crippen LogP contribution in [0.5, 0.6) is 11.5 Å². The van der Waals surface area contributed by atoms with E-state index in [1.165, 1.54) is 12.1 Å². The summed E-state index contributed by atoms with van der Waals surface area (Å²) in [5.41, 5.74) is 1.97. The van der Waals surface area contributed by atoms with Crippen LogP contribution in [0, 0.1) is 13.8 Å². The molecule has 1 heterocycles. The minimum atomic E-state index is -0.0563. The van der Waals surface area contributed by atoms with Crippen molar-refractivity contribution in [3.05, 3.63) is 57.5 Å². The number of aromatic nitrogens is 1. The second-order valence-electron chi connectivity index (χ2n) is 5.77. The van der Waals surface area contributed by atoms with E-state index >= 15 is 0 Å². The first-order valence-electron chi connectivity index (χ1n) is 7.94. The van der Waals surface area contributed by atoms with Crippen LogP contribution in [0.2, 0.25) is 0 Å². The van der Waals surface area contributed by atoms with Crippen molar-refractivity contribution in [2.75, 3.05) is 13.4 Å². The Bertz CT molecular complexity index is 802. The molecule has 134 valence electrons. The number of thioether (sulfide) groups is 1. The highest BCUT2D eigenvalue weighted by molar-refractivity contribution is 7.99. The minimum Gasteiger partial charge on any atom is -0.493 e. The molecule has 0 fully saturated rings. The number of pyridine rings is 1. The molecule has 0 saturated carbocycles. The number of hydrogen-bond donors (Lipinski definition) is 0. The number of ether oxygens (including phenoxy) is 2. The molecule has 0 spiro atoms. The quantitative estimate of drug-likeness (QED) is 0.558. The Morgan fingerprint density at radius 1 is 1.16 bits per heavy atom. The lowest BCUT2D eigenvalue weighted by Crippen LogP contribution is -2.18. The van der Waals surface area contributed by atoms with Gasteiger partial charge in [-0.15, -0.1) is 11.8 Å². The van der Waals surface area contributed by atoms with Crippen LogP contribution in [-0.2, 0) is 6.54 Å². The molecular weight excluding hydrogens is 338 g/mol. The van der Waals surface area contributed by atoms with Gasteiger partial charge in [0.15, 0.2) is 22.7 Å². The maximum atomic E-state index is 12.7. The average Bonchev–Trinajstić information content (AvgIpc) is 2.57. The molecule has 1 aromatic carbocycles. The van der Waals surface area contributed by atoms with Crippen LogP contribution in [0.1, 0.15) is 28.7 Å². The second kappa shape index (κ2) is 8.25. The highest BCUT2D eigenvalue weighted by Gasteiger charge is 2.15. The number of nitrogens with zero attached hydrogens (tertiary/aromatic N) is 1. The molecule has 25 heavy (non-hydrogen) atoms. The van der Waals surface area contributed by atoms with Gasteiger partial charge in [-0.2, -0.15) is 0 Å². The SMILES string of the molecule is COc1ccc(C(=O)Cn2c(C)cc(=O)cc2C)cc1OC(C)SC. The van der Waals surface area contributed by atoms with E-state index in [0.717, 1.165) is 11.4 Å². The molecule has 0 aliphatic heterocycles. The van der Waals surface area contributed by atoms with E-state index in [9.17, 15) is 9.59 Å². The van der Waals surface area contributed by atoms with Crippen LogP contribution in [0.3, 0.4) is 0 Å². The summed E-state index contributed by atoms with van der Waals surface area (Å²) >= 11 is 1.56. The fourth-order valence-corrected chi connectivity index (χ4v) is 2.74. The van der Waals surface area contributed by atoms with E-state index in [4.69, 9.17) is 9.47 Å². The number of carbonyl (C=O) groups excluding carboxylic acids is 1. The number of Topliss-reactive ketones (excluding diaryl/α,β-unsaturated/α-hetero) is 1. The third-order valence-electron chi connectivity index (χ3n) is 3.97. The molecule has 6 heteroatoms. The predicted molar refractivity (Wildman–Crippen MR) is 101 cm³/mol. The molecule has 0 bridgehead atoms. The lowest BCUT2D eigenvalue weighted by Gasteiger charge is -2.17. The highest BCUT2D eigenvalue weighted by atomic mass is 32.2. The summed E-state index contributed by atoms with van der Waals surface area (Å²) in [6.45, 7) is 5.75. The van der Waals surface area contributed by atoms with E-state index in [0.29, 0.717) is 17.1 Å². The van der Waals surface area contributed by atoms with Crippen molar-refractivity contribution in [3.63, 3.8) is 0 Å². The molecule has 1 aromatic heterocycles. The zero-order valence-corrected chi connectivity index (χ0v) is 16.0. The van der Waals surface area contributed by atoms with E-state index in [1.54, 1.807) is 37.1 Å². The van der Waals surface area contributed by atoms with Gasteiger partial charge < -0.3 is 14.0 Å². The Balaban J connectivity index is 2.31. The zero-order valence-electron chi connectivity index (χ0n) is 15.2. The van der Waals surface area contributed by atoms with E-state index in [2.05, 4.69) is 0 Å². The fourth-order valence-electron chi connectivity index (χ4n) is 2.54. The molecule has 5 nitrogen and oxygen atoms in total. The summed E-state index contributed by atoms with van der Waals surface area (Å²) in [7, 11) is 1.57. The summed E-state index contributed by atoms with van der Waals surface area (Å²) in [4.78, 5) is 24.2. The Morgan fingerprint density at radius 3 is 2.36 bits per heavy atom. The van der Waals surface area contributed by atoms with Crippen LogP contribution in [0.15, 0.2) is 35.1 Å². The Kier molecular flexibility index (Phi) is 6.31. The summed E-state index contributed by atoms with van der Waals surface area (Å²) < 4.78 is 13.0. The number of carbonyl (C=O) groups is 1. The van der Waals surface area contributed by atoms with Crippen LogP contribution < -0.4 is 14.9 Å². The van der Waals surface area contributed by atoms with Crippen molar-refractivity contribution >= 4 is 17.5 Å². The number of methoxy groups -OCH3 is 1. The van der Waals surface area contributed by atoms with Gasteiger partial charge in [0.2, 0.25) is 0 Å². The Labute approximate surface area is 152 Å². The van der Waals surface area contributed by atoms with Gasteiger partial charge in [0.05, 0.1) is 13.7 Å². The van der Waals surface area contributed by atoms with E-state index < -0.39 is 0 Å². The first kappa shape index (κ1) is 19.1. The van der Waals surface area contributed by atoms with Crippen LogP contribution in [-0.4, -0.2) is 29.2 Å². The van der Waals surface area contributed by atoms with Crippen molar-refractivity contribution in [2.45, 2.75) is 32.8 Å². The molecule has 0 radical (unpaired) electrons. The number of hydrogen-bond acceptors (Lipinski definition) is 5. The molecule has 0 aliphatic carbocycles. The van der Waals surface area contributed by atoms with Gasteiger partial charge >= 0.3 is 0 Å². The number of ketones is 1. The third-order valence-corrected chi connectivity index (χ3v) is 4.73. The van der Waals surface area contributed by atoms with Crippen LogP contribution >= 0.6 is 11.8 Å². The van der Waals surface area contributed by atoms with Gasteiger partial charge in [-0.3, -0.25) is 9.59 Å². The summed E-state index contributed by atoms with van der Waals surface area (Å²) in [5, 5.41) is 0. The van der Waals surface area contributed by atoms with Gasteiger partial charge in [-0.1, -0.05) is 0 Å². The van der Waals surface area contributed by atoms with Crippen molar-refractivity contribution in [3.8, 4) is 11.5 Å². The second-order valence-corrected chi connectivity index (χ2v) is 6.91. The van der Waals surface area contributed by atoms with Crippen molar-refractivity contribution in [2.24, 2.45) is 0 Å². The summed E-state index contributed by atoms with van der Waals surface area (Å²) in [6, 6.07) is 8.23. The lowest BCUT2D eigenvalue weighted by atomic mass is 10.1. The van der Waals surface area contributed by atoms with Crippen molar-refractivity contribution in [1.29, 1.82) is 0 Å². The molecule has 0 N–H and O–H groups in total. The normalized spacial score (nSPS) is 11.9. The maximum absolute atomic E-state index is 12.7. The monoisotopic (exact) mass is 361 g/mol. The maximum Gasteiger partial charge on any atom is 0.182 e. The van der Waals surface area contributed by atoms with Gasteiger partial charge in [-0.05, 0) is 45.2 Å². The lowest BCUT2D eigenvalue weighted by molar-refractivity contribution is 0.0969. The van der Waals surface area contributed by atoms with Gasteiger partial charge in [0.1, 0.15) is 5.44 Å². The fraction of sp³-hybridized carbons (Fsp3) is 0.368. The number of benzene rings is 1. The van der Waals surface area contributed by atoms with Gasteiger partial charge in [0, 0.05) is 29.1 Å². The van der Waals surface area contributed by atoms with Crippen molar-refractivity contribution < 1.29 is 14.3 Å². The molecule has 2 rings (SSSR count). The molecule has 2 aromatic rings. The van der Waals surface area contributed by atoms with Crippen LogP contribution in [0.4, 0.5) is 0 Å². The Hall–Kier alpha value is -2.21. The molecular formula is C19H23NO4S. The molecule has 0 aliphatic rings. The number of aryl methyl sites for hydroxylation is 2.